The van der Waals surface area contributed by atoms with Gasteiger partial charge in [0.1, 0.15) is 11.6 Å². The second-order valence-corrected chi connectivity index (χ2v) is 5.66. The maximum Gasteiger partial charge on any atom is 0.124 e. The van der Waals surface area contributed by atoms with Gasteiger partial charge in [-0.3, -0.25) is 5.41 Å². The highest BCUT2D eigenvalue weighted by Crippen LogP contribution is 2.27. The van der Waals surface area contributed by atoms with Crippen LogP contribution in [0.2, 0.25) is 0 Å². The molecular formula is C16H18BrN3O. The number of nitrogens with one attached hydrogen (secondary N) is 1. The number of halogens is 1. The van der Waals surface area contributed by atoms with Gasteiger partial charge in [-0.25, -0.2) is 0 Å². The van der Waals surface area contributed by atoms with E-state index in [0.717, 1.165) is 27.0 Å². The van der Waals surface area contributed by atoms with Crippen molar-refractivity contribution < 1.29 is 4.74 Å². The number of ether oxygens (including phenoxy) is 1. The Bertz CT molecular complexity index is 658. The van der Waals surface area contributed by atoms with Crippen LogP contribution >= 0.6 is 15.9 Å². The number of nitrogens with zero attached hydrogens (tertiary/aromatic N) is 1. The predicted molar refractivity (Wildman–Crippen MR) is 90.3 cm³/mol. The molecule has 21 heavy (non-hydrogen) atoms. The van der Waals surface area contributed by atoms with Gasteiger partial charge in [0.2, 0.25) is 0 Å². The van der Waals surface area contributed by atoms with Crippen molar-refractivity contribution in [2.75, 3.05) is 19.1 Å². The molecule has 2 aromatic carbocycles. The number of anilines is 1. The lowest BCUT2D eigenvalue weighted by atomic mass is 10.1. The van der Waals surface area contributed by atoms with E-state index in [1.54, 1.807) is 7.11 Å². The van der Waals surface area contributed by atoms with Gasteiger partial charge in [0.15, 0.2) is 0 Å². The van der Waals surface area contributed by atoms with Gasteiger partial charge in [-0.05, 0) is 30.3 Å². The van der Waals surface area contributed by atoms with Gasteiger partial charge in [0, 0.05) is 34.9 Å². The first-order valence-corrected chi connectivity index (χ1v) is 7.29. The number of nitrogens with two attached hydrogens (primary N) is 1. The molecule has 0 heterocycles. The third-order valence-electron chi connectivity index (χ3n) is 3.26. The van der Waals surface area contributed by atoms with Crippen LogP contribution in [0.3, 0.4) is 0 Å². The van der Waals surface area contributed by atoms with Crippen molar-refractivity contribution in [3.05, 3.63) is 58.1 Å². The third kappa shape index (κ3) is 3.55. The van der Waals surface area contributed by atoms with Gasteiger partial charge in [0.05, 0.1) is 7.11 Å². The maximum absolute atomic E-state index is 7.68. The van der Waals surface area contributed by atoms with Crippen molar-refractivity contribution in [3.8, 4) is 5.75 Å². The lowest BCUT2D eigenvalue weighted by Gasteiger charge is -2.23. The predicted octanol–water partition coefficient (Wildman–Crippen LogP) is 3.38. The van der Waals surface area contributed by atoms with E-state index >= 15 is 0 Å². The van der Waals surface area contributed by atoms with Gasteiger partial charge in [-0.15, -0.1) is 0 Å². The summed E-state index contributed by atoms with van der Waals surface area (Å²) < 4.78 is 6.41. The molecular weight excluding hydrogens is 330 g/mol. The minimum atomic E-state index is 0.0682. The molecule has 0 fully saturated rings. The normalized spacial score (nSPS) is 10.2. The lowest BCUT2D eigenvalue weighted by Crippen LogP contribution is -2.22. The third-order valence-corrected chi connectivity index (χ3v) is 3.75. The Labute approximate surface area is 133 Å². The number of benzene rings is 2. The Balaban J connectivity index is 2.32. The van der Waals surface area contributed by atoms with E-state index in [4.69, 9.17) is 15.9 Å². The topological polar surface area (TPSA) is 62.3 Å². The average molecular weight is 348 g/mol. The summed E-state index contributed by atoms with van der Waals surface area (Å²) in [6.45, 7) is 0.660. The van der Waals surface area contributed by atoms with Crippen LogP contribution in [0, 0.1) is 5.41 Å². The summed E-state index contributed by atoms with van der Waals surface area (Å²) in [6.07, 6.45) is 0. The zero-order valence-electron chi connectivity index (χ0n) is 12.1. The fourth-order valence-corrected chi connectivity index (χ4v) is 2.65. The van der Waals surface area contributed by atoms with E-state index in [9.17, 15) is 0 Å². The van der Waals surface area contributed by atoms with Gasteiger partial charge < -0.3 is 15.4 Å². The molecule has 0 unspecified atom stereocenters. The van der Waals surface area contributed by atoms with Crippen molar-refractivity contribution in [3.63, 3.8) is 0 Å². The summed E-state index contributed by atoms with van der Waals surface area (Å²) >= 11 is 3.48. The minimum absolute atomic E-state index is 0.0682. The second-order valence-electron chi connectivity index (χ2n) is 4.74. The zero-order valence-corrected chi connectivity index (χ0v) is 13.6. The molecule has 0 aliphatic rings. The maximum atomic E-state index is 7.68. The standard InChI is InChI=1S/C16H18BrN3O/c1-20(14-6-4-3-5-13(14)16(18)19)10-11-9-12(17)7-8-15(11)21-2/h3-9H,10H2,1-2H3,(H3,18,19). The van der Waals surface area contributed by atoms with Crippen LogP contribution in [0.25, 0.3) is 0 Å². The summed E-state index contributed by atoms with van der Waals surface area (Å²) in [5.41, 5.74) is 8.37. The highest BCUT2D eigenvalue weighted by atomic mass is 79.9. The minimum Gasteiger partial charge on any atom is -0.496 e. The quantitative estimate of drug-likeness (QED) is 0.643. The van der Waals surface area contributed by atoms with E-state index < -0.39 is 0 Å². The molecule has 0 saturated heterocycles. The molecule has 0 saturated carbocycles. The summed E-state index contributed by atoms with van der Waals surface area (Å²) in [5.74, 6) is 0.906. The van der Waals surface area contributed by atoms with E-state index in [2.05, 4.69) is 20.8 Å². The van der Waals surface area contributed by atoms with Crippen LogP contribution in [0.15, 0.2) is 46.9 Å². The fourth-order valence-electron chi connectivity index (χ4n) is 2.25. The first kappa shape index (κ1) is 15.4. The van der Waals surface area contributed by atoms with Crippen LogP contribution < -0.4 is 15.4 Å². The summed E-state index contributed by atoms with van der Waals surface area (Å²) in [6, 6.07) is 13.6. The Morgan fingerprint density at radius 2 is 2.00 bits per heavy atom. The number of hydrogen-bond donors (Lipinski definition) is 2. The summed E-state index contributed by atoms with van der Waals surface area (Å²) in [4.78, 5) is 2.06. The number of methoxy groups -OCH3 is 1. The van der Waals surface area contributed by atoms with E-state index in [1.165, 1.54) is 0 Å². The number of nitrogen functional groups attached to an aromatic ring is 1. The van der Waals surface area contributed by atoms with Gasteiger partial charge >= 0.3 is 0 Å². The largest absolute Gasteiger partial charge is 0.496 e. The van der Waals surface area contributed by atoms with Crippen LogP contribution in [0.4, 0.5) is 5.69 Å². The molecule has 0 aliphatic heterocycles. The Kier molecular flexibility index (Phi) is 4.85. The SMILES string of the molecule is COc1ccc(Br)cc1CN(C)c1ccccc1C(=N)N. The molecule has 5 heteroatoms. The number of para-hydroxylation sites is 1. The molecule has 2 aromatic rings. The molecule has 0 spiro atoms. The Morgan fingerprint density at radius 1 is 1.29 bits per heavy atom. The average Bonchev–Trinajstić information content (AvgIpc) is 2.47. The number of amidine groups is 1. The number of rotatable bonds is 5. The summed E-state index contributed by atoms with van der Waals surface area (Å²) in [5, 5.41) is 7.68. The Morgan fingerprint density at radius 3 is 2.67 bits per heavy atom. The molecule has 0 amide bonds. The Hall–Kier alpha value is -2.01. The lowest BCUT2D eigenvalue weighted by molar-refractivity contribution is 0.409. The zero-order chi connectivity index (χ0) is 15.4. The van der Waals surface area contributed by atoms with Crippen molar-refractivity contribution in [1.82, 2.24) is 0 Å². The van der Waals surface area contributed by atoms with Gasteiger partial charge in [-0.2, -0.15) is 0 Å². The van der Waals surface area contributed by atoms with Crippen molar-refractivity contribution in [1.29, 1.82) is 5.41 Å². The van der Waals surface area contributed by atoms with E-state index in [0.29, 0.717) is 6.54 Å². The monoisotopic (exact) mass is 347 g/mol. The molecule has 2 rings (SSSR count). The van der Waals surface area contributed by atoms with Gasteiger partial charge in [0.25, 0.3) is 0 Å². The molecule has 110 valence electrons. The molecule has 0 radical (unpaired) electrons. The van der Waals surface area contributed by atoms with Crippen LogP contribution in [-0.2, 0) is 6.54 Å². The number of hydrogen-bond acceptors (Lipinski definition) is 3. The molecule has 4 nitrogen and oxygen atoms in total. The van der Waals surface area contributed by atoms with Gasteiger partial charge in [-0.1, -0.05) is 28.1 Å². The van der Waals surface area contributed by atoms with Crippen molar-refractivity contribution >= 4 is 27.5 Å². The molecule has 0 bridgehead atoms. The molecule has 3 N–H and O–H groups in total. The van der Waals surface area contributed by atoms with Crippen LogP contribution in [0.5, 0.6) is 5.75 Å². The first-order chi connectivity index (χ1) is 10.0. The highest BCUT2D eigenvalue weighted by molar-refractivity contribution is 9.10. The highest BCUT2D eigenvalue weighted by Gasteiger charge is 2.12. The molecule has 0 atom stereocenters. The molecule has 0 aliphatic carbocycles. The molecule has 0 aromatic heterocycles. The first-order valence-electron chi connectivity index (χ1n) is 6.50. The smallest absolute Gasteiger partial charge is 0.124 e. The summed E-state index contributed by atoms with van der Waals surface area (Å²) in [7, 11) is 3.64. The van der Waals surface area contributed by atoms with E-state index in [-0.39, 0.29) is 5.84 Å². The fraction of sp³-hybridized carbons (Fsp3) is 0.188. The van der Waals surface area contributed by atoms with E-state index in [1.807, 2.05) is 49.5 Å². The van der Waals surface area contributed by atoms with Crippen molar-refractivity contribution in [2.45, 2.75) is 6.54 Å². The van der Waals surface area contributed by atoms with Crippen molar-refractivity contribution in [2.24, 2.45) is 5.73 Å². The second kappa shape index (κ2) is 6.63. The van der Waals surface area contributed by atoms with Crippen LogP contribution in [0.1, 0.15) is 11.1 Å². The van der Waals surface area contributed by atoms with Crippen LogP contribution in [-0.4, -0.2) is 20.0 Å².